The minimum absolute atomic E-state index is 0.127. The Morgan fingerprint density at radius 2 is 1.75 bits per heavy atom. The van der Waals surface area contributed by atoms with Crippen molar-refractivity contribution in [2.45, 2.75) is 16.7 Å². The zero-order valence-electron chi connectivity index (χ0n) is 10.6. The van der Waals surface area contributed by atoms with Crippen LogP contribution in [-0.2, 0) is 9.84 Å². The van der Waals surface area contributed by atoms with Crippen LogP contribution in [0.1, 0.15) is 15.9 Å². The summed E-state index contributed by atoms with van der Waals surface area (Å²) in [6.07, 6.45) is 0. The molecule has 0 aliphatic carbocycles. The number of hydrogen-bond donors (Lipinski definition) is 2. The summed E-state index contributed by atoms with van der Waals surface area (Å²) in [5.41, 5.74) is 0.239. The number of rotatable bonds is 3. The average molecular weight is 292 g/mol. The first-order valence-corrected chi connectivity index (χ1v) is 7.19. The molecule has 6 heteroatoms. The summed E-state index contributed by atoms with van der Waals surface area (Å²) in [7, 11) is -3.79. The lowest BCUT2D eigenvalue weighted by Gasteiger charge is -2.08. The molecule has 0 fully saturated rings. The summed E-state index contributed by atoms with van der Waals surface area (Å²) in [4.78, 5) is 10.8. The Kier molecular flexibility index (Phi) is 3.50. The molecule has 2 N–H and O–H groups in total. The van der Waals surface area contributed by atoms with Gasteiger partial charge in [0.2, 0.25) is 9.84 Å². The molecule has 0 unspecified atom stereocenters. The Labute approximate surface area is 116 Å². The second kappa shape index (κ2) is 4.97. The van der Waals surface area contributed by atoms with Crippen molar-refractivity contribution in [2.24, 2.45) is 0 Å². The standard InChI is InChI=1S/C14H12O5S/c1-9-4-2-3-5-13(9)20(18,19)10-6-7-11(14(16)17)12(15)8-10/h2-8,15H,1H3,(H,16,17). The number of aromatic carboxylic acids is 1. The zero-order valence-corrected chi connectivity index (χ0v) is 11.4. The monoisotopic (exact) mass is 292 g/mol. The lowest BCUT2D eigenvalue weighted by molar-refractivity contribution is 0.0693. The van der Waals surface area contributed by atoms with Crippen LogP contribution in [0.15, 0.2) is 52.3 Å². The van der Waals surface area contributed by atoms with Crippen LogP contribution >= 0.6 is 0 Å². The molecule has 0 aromatic heterocycles. The van der Waals surface area contributed by atoms with Gasteiger partial charge in [-0.3, -0.25) is 0 Å². The summed E-state index contributed by atoms with van der Waals surface area (Å²) in [5.74, 6) is -1.89. The van der Waals surface area contributed by atoms with Crippen LogP contribution in [-0.4, -0.2) is 24.6 Å². The highest BCUT2D eigenvalue weighted by atomic mass is 32.2. The highest BCUT2D eigenvalue weighted by Gasteiger charge is 2.21. The van der Waals surface area contributed by atoms with E-state index < -0.39 is 21.6 Å². The molecule has 0 aliphatic heterocycles. The first kappa shape index (κ1) is 14.1. The second-order valence-corrected chi connectivity index (χ2v) is 6.17. The number of aromatic hydroxyl groups is 1. The molecule has 0 bridgehead atoms. The maximum atomic E-state index is 12.4. The van der Waals surface area contributed by atoms with Crippen LogP contribution < -0.4 is 0 Å². The van der Waals surface area contributed by atoms with Gasteiger partial charge in [-0.1, -0.05) is 18.2 Å². The van der Waals surface area contributed by atoms with Crippen molar-refractivity contribution >= 4 is 15.8 Å². The van der Waals surface area contributed by atoms with Gasteiger partial charge in [-0.25, -0.2) is 13.2 Å². The van der Waals surface area contributed by atoms with E-state index in [9.17, 15) is 18.3 Å². The number of phenols is 1. The third-order valence-electron chi connectivity index (χ3n) is 2.89. The second-order valence-electron chi connectivity index (χ2n) is 4.25. The molecule has 0 radical (unpaired) electrons. The summed E-state index contributed by atoms with van der Waals surface area (Å²) in [5, 5.41) is 18.4. The van der Waals surface area contributed by atoms with E-state index in [4.69, 9.17) is 5.11 Å². The van der Waals surface area contributed by atoms with Crippen molar-refractivity contribution in [2.75, 3.05) is 0 Å². The van der Waals surface area contributed by atoms with Crippen LogP contribution in [0.5, 0.6) is 5.75 Å². The summed E-state index contributed by atoms with van der Waals surface area (Å²) in [6, 6.07) is 9.65. The molecule has 5 nitrogen and oxygen atoms in total. The van der Waals surface area contributed by atoms with E-state index in [2.05, 4.69) is 0 Å². The predicted octanol–water partition coefficient (Wildman–Crippen LogP) is 2.23. The molecular weight excluding hydrogens is 280 g/mol. The fraction of sp³-hybridized carbons (Fsp3) is 0.0714. The van der Waals surface area contributed by atoms with Gasteiger partial charge in [-0.05, 0) is 36.8 Å². The van der Waals surface area contributed by atoms with E-state index in [1.54, 1.807) is 25.1 Å². The Hall–Kier alpha value is -2.34. The van der Waals surface area contributed by atoms with Crippen molar-refractivity contribution in [1.29, 1.82) is 0 Å². The molecule has 2 aromatic rings. The van der Waals surface area contributed by atoms with E-state index in [0.717, 1.165) is 12.1 Å². The Morgan fingerprint density at radius 1 is 1.10 bits per heavy atom. The third kappa shape index (κ3) is 2.37. The molecule has 0 atom stereocenters. The van der Waals surface area contributed by atoms with Gasteiger partial charge < -0.3 is 10.2 Å². The quantitative estimate of drug-likeness (QED) is 0.905. The molecule has 20 heavy (non-hydrogen) atoms. The average Bonchev–Trinajstić information content (AvgIpc) is 2.38. The first-order valence-electron chi connectivity index (χ1n) is 5.71. The van der Waals surface area contributed by atoms with Gasteiger partial charge >= 0.3 is 5.97 Å². The third-order valence-corrected chi connectivity index (χ3v) is 4.80. The number of sulfone groups is 1. The molecule has 0 aliphatic rings. The highest BCUT2D eigenvalue weighted by Crippen LogP contribution is 2.28. The SMILES string of the molecule is Cc1ccccc1S(=O)(=O)c1ccc(C(=O)O)c(O)c1. The molecule has 0 amide bonds. The summed E-state index contributed by atoms with van der Waals surface area (Å²) >= 11 is 0. The van der Waals surface area contributed by atoms with Gasteiger partial charge in [0.05, 0.1) is 9.79 Å². The molecule has 0 saturated carbocycles. The lowest BCUT2D eigenvalue weighted by Crippen LogP contribution is -2.05. The maximum absolute atomic E-state index is 12.4. The fourth-order valence-corrected chi connectivity index (χ4v) is 3.36. The predicted molar refractivity (Wildman–Crippen MR) is 71.7 cm³/mol. The Balaban J connectivity index is 2.59. The van der Waals surface area contributed by atoms with Crippen molar-refractivity contribution < 1.29 is 23.4 Å². The topological polar surface area (TPSA) is 91.7 Å². The minimum Gasteiger partial charge on any atom is -0.507 e. The Morgan fingerprint density at radius 3 is 2.30 bits per heavy atom. The molecule has 0 heterocycles. The van der Waals surface area contributed by atoms with E-state index in [1.807, 2.05) is 0 Å². The van der Waals surface area contributed by atoms with Crippen LogP contribution in [0.3, 0.4) is 0 Å². The van der Waals surface area contributed by atoms with Crippen molar-refractivity contribution in [3.63, 3.8) is 0 Å². The molecule has 0 saturated heterocycles. The fourth-order valence-electron chi connectivity index (χ4n) is 1.84. The number of hydrogen-bond acceptors (Lipinski definition) is 4. The van der Waals surface area contributed by atoms with Gasteiger partial charge in [0.1, 0.15) is 11.3 Å². The van der Waals surface area contributed by atoms with Crippen LogP contribution in [0, 0.1) is 6.92 Å². The number of carboxylic acid groups (broad SMARTS) is 1. The highest BCUT2D eigenvalue weighted by molar-refractivity contribution is 7.91. The minimum atomic E-state index is -3.79. The van der Waals surface area contributed by atoms with Gasteiger partial charge in [-0.2, -0.15) is 0 Å². The van der Waals surface area contributed by atoms with Crippen LogP contribution in [0.25, 0.3) is 0 Å². The van der Waals surface area contributed by atoms with E-state index in [0.29, 0.717) is 5.56 Å². The van der Waals surface area contributed by atoms with Gasteiger partial charge in [0.15, 0.2) is 0 Å². The van der Waals surface area contributed by atoms with Gasteiger partial charge in [0, 0.05) is 0 Å². The number of aryl methyl sites for hydroxylation is 1. The first-order chi connectivity index (χ1) is 9.34. The number of carboxylic acids is 1. The van der Waals surface area contributed by atoms with E-state index in [-0.39, 0.29) is 15.4 Å². The number of carbonyl (C=O) groups is 1. The largest absolute Gasteiger partial charge is 0.507 e. The molecule has 104 valence electrons. The molecular formula is C14H12O5S. The van der Waals surface area contributed by atoms with Crippen LogP contribution in [0.2, 0.25) is 0 Å². The van der Waals surface area contributed by atoms with Crippen molar-refractivity contribution in [3.05, 3.63) is 53.6 Å². The van der Waals surface area contributed by atoms with Crippen molar-refractivity contribution in [1.82, 2.24) is 0 Å². The van der Waals surface area contributed by atoms with E-state index in [1.165, 1.54) is 12.1 Å². The normalized spacial score (nSPS) is 11.2. The van der Waals surface area contributed by atoms with E-state index >= 15 is 0 Å². The van der Waals surface area contributed by atoms with Crippen molar-refractivity contribution in [3.8, 4) is 5.75 Å². The lowest BCUT2D eigenvalue weighted by atomic mass is 10.2. The number of benzene rings is 2. The summed E-state index contributed by atoms with van der Waals surface area (Å²) in [6.45, 7) is 1.67. The smallest absolute Gasteiger partial charge is 0.339 e. The molecule has 2 aromatic carbocycles. The van der Waals surface area contributed by atoms with Crippen LogP contribution in [0.4, 0.5) is 0 Å². The molecule has 2 rings (SSSR count). The Bertz CT molecular complexity index is 778. The molecule has 0 spiro atoms. The summed E-state index contributed by atoms with van der Waals surface area (Å²) < 4.78 is 24.9. The zero-order chi connectivity index (χ0) is 14.9. The van der Waals surface area contributed by atoms with Gasteiger partial charge in [0.25, 0.3) is 0 Å². The maximum Gasteiger partial charge on any atom is 0.339 e. The van der Waals surface area contributed by atoms with Gasteiger partial charge in [-0.15, -0.1) is 0 Å².